The molecule has 5 nitrogen and oxygen atoms in total. The van der Waals surface area contributed by atoms with Crippen LogP contribution in [-0.2, 0) is 9.59 Å². The van der Waals surface area contributed by atoms with E-state index < -0.39 is 0 Å². The van der Waals surface area contributed by atoms with Crippen molar-refractivity contribution in [2.24, 2.45) is 4.99 Å². The zero-order valence-electron chi connectivity index (χ0n) is 14.6. The predicted octanol–water partition coefficient (Wildman–Crippen LogP) is 4.87. The molecule has 3 rings (SSSR count). The molecule has 1 aliphatic heterocycles. The zero-order chi connectivity index (χ0) is 20.3. The molecule has 144 valence electrons. The van der Waals surface area contributed by atoms with Crippen LogP contribution < -0.4 is 10.2 Å². The summed E-state index contributed by atoms with van der Waals surface area (Å²) in [6, 6.07) is 12.0. The van der Waals surface area contributed by atoms with E-state index in [-0.39, 0.29) is 28.3 Å². The first kappa shape index (κ1) is 20.7. The van der Waals surface area contributed by atoms with Crippen molar-refractivity contribution in [3.05, 3.63) is 68.8 Å². The lowest BCUT2D eigenvalue weighted by Gasteiger charge is -2.19. The van der Waals surface area contributed by atoms with E-state index in [1.165, 1.54) is 4.90 Å². The summed E-state index contributed by atoms with van der Waals surface area (Å²) in [7, 11) is 1.54. The predicted molar refractivity (Wildman–Crippen MR) is 117 cm³/mol. The fraction of sp³-hybridized carbons (Fsp3) is 0.105. The number of aliphatic imine (C=N–C) groups is 1. The Morgan fingerprint density at radius 2 is 1.89 bits per heavy atom. The topological polar surface area (TPSA) is 61.8 Å². The Labute approximate surface area is 181 Å². The number of rotatable bonds is 4. The maximum Gasteiger partial charge on any atom is 0.283 e. The van der Waals surface area contributed by atoms with E-state index in [0.717, 1.165) is 17.3 Å². The number of amidine groups is 1. The highest BCUT2D eigenvalue weighted by molar-refractivity contribution is 8.14. The SMILES string of the molecule is CNC(=O)CSC1=N/C(=C\c2ccc(Cl)cc2)C(=O)N1c1cccc(Cl)c1Cl. The van der Waals surface area contributed by atoms with Gasteiger partial charge in [-0.3, -0.25) is 14.5 Å². The van der Waals surface area contributed by atoms with Crippen molar-refractivity contribution in [1.29, 1.82) is 0 Å². The van der Waals surface area contributed by atoms with E-state index in [4.69, 9.17) is 34.8 Å². The second-order valence-corrected chi connectivity index (χ2v) is 7.81. The second kappa shape index (κ2) is 9.01. The van der Waals surface area contributed by atoms with Crippen LogP contribution >= 0.6 is 46.6 Å². The smallest absolute Gasteiger partial charge is 0.283 e. The molecule has 28 heavy (non-hydrogen) atoms. The summed E-state index contributed by atoms with van der Waals surface area (Å²) in [4.78, 5) is 30.5. The normalized spacial score (nSPS) is 15.1. The minimum Gasteiger partial charge on any atom is -0.358 e. The lowest BCUT2D eigenvalue weighted by molar-refractivity contribution is -0.118. The molecule has 1 aliphatic rings. The van der Waals surface area contributed by atoms with Crippen LogP contribution in [0.3, 0.4) is 0 Å². The van der Waals surface area contributed by atoms with Crippen molar-refractivity contribution >= 4 is 75.3 Å². The summed E-state index contributed by atoms with van der Waals surface area (Å²) in [5.74, 6) is -0.447. The number of carbonyl (C=O) groups excluding carboxylic acids is 2. The maximum atomic E-state index is 13.1. The highest BCUT2D eigenvalue weighted by Crippen LogP contribution is 2.37. The van der Waals surface area contributed by atoms with Gasteiger partial charge in [0.25, 0.3) is 5.91 Å². The van der Waals surface area contributed by atoms with Crippen molar-refractivity contribution in [3.8, 4) is 0 Å². The molecule has 0 saturated carbocycles. The molecule has 0 fully saturated rings. The van der Waals surface area contributed by atoms with E-state index in [1.54, 1.807) is 55.6 Å². The fourth-order valence-electron chi connectivity index (χ4n) is 2.39. The van der Waals surface area contributed by atoms with Crippen LogP contribution in [0.15, 0.2) is 53.2 Å². The lowest BCUT2D eigenvalue weighted by atomic mass is 10.2. The third-order valence-corrected chi connectivity index (χ3v) is 5.79. The van der Waals surface area contributed by atoms with Crippen molar-refractivity contribution in [2.45, 2.75) is 0 Å². The first-order valence-electron chi connectivity index (χ1n) is 8.08. The molecule has 2 amide bonds. The minimum atomic E-state index is -0.362. The van der Waals surface area contributed by atoms with Crippen LogP contribution in [0.1, 0.15) is 5.56 Å². The molecule has 0 atom stereocenters. The molecule has 0 bridgehead atoms. The quantitative estimate of drug-likeness (QED) is 0.670. The second-order valence-electron chi connectivity index (χ2n) is 5.65. The number of halogens is 3. The Bertz CT molecular complexity index is 990. The summed E-state index contributed by atoms with van der Waals surface area (Å²) in [6.07, 6.45) is 1.65. The highest BCUT2D eigenvalue weighted by atomic mass is 35.5. The van der Waals surface area contributed by atoms with Gasteiger partial charge in [-0.15, -0.1) is 0 Å². The van der Waals surface area contributed by atoms with Gasteiger partial charge in [-0.25, -0.2) is 4.99 Å². The number of thioether (sulfide) groups is 1. The fourth-order valence-corrected chi connectivity index (χ4v) is 3.77. The number of nitrogens with one attached hydrogen (secondary N) is 1. The Hall–Kier alpha value is -1.99. The van der Waals surface area contributed by atoms with Gasteiger partial charge in [0.1, 0.15) is 5.70 Å². The van der Waals surface area contributed by atoms with Gasteiger partial charge in [0.2, 0.25) is 5.91 Å². The summed E-state index contributed by atoms with van der Waals surface area (Å²) in [6.45, 7) is 0. The van der Waals surface area contributed by atoms with Crippen LogP contribution in [0, 0.1) is 0 Å². The molecule has 0 aliphatic carbocycles. The van der Waals surface area contributed by atoms with Crippen molar-refractivity contribution in [2.75, 3.05) is 17.7 Å². The molecule has 0 saturated heterocycles. The van der Waals surface area contributed by atoms with Crippen LogP contribution in [0.5, 0.6) is 0 Å². The zero-order valence-corrected chi connectivity index (χ0v) is 17.7. The first-order valence-corrected chi connectivity index (χ1v) is 10.2. The number of nitrogens with zero attached hydrogens (tertiary/aromatic N) is 2. The van der Waals surface area contributed by atoms with Gasteiger partial charge in [0, 0.05) is 12.1 Å². The number of hydrogen-bond acceptors (Lipinski definition) is 4. The Balaban J connectivity index is 2.00. The van der Waals surface area contributed by atoms with Crippen molar-refractivity contribution in [3.63, 3.8) is 0 Å². The van der Waals surface area contributed by atoms with Crippen LogP contribution in [-0.4, -0.2) is 29.8 Å². The molecule has 0 radical (unpaired) electrons. The molecule has 0 spiro atoms. The van der Waals surface area contributed by atoms with Gasteiger partial charge >= 0.3 is 0 Å². The third-order valence-electron chi connectivity index (χ3n) is 3.79. The van der Waals surface area contributed by atoms with Gasteiger partial charge in [0.15, 0.2) is 5.17 Å². The molecule has 0 aromatic heterocycles. The van der Waals surface area contributed by atoms with Crippen molar-refractivity contribution in [1.82, 2.24) is 5.32 Å². The van der Waals surface area contributed by atoms with E-state index in [2.05, 4.69) is 10.3 Å². The van der Waals surface area contributed by atoms with Crippen LogP contribution in [0.25, 0.3) is 6.08 Å². The van der Waals surface area contributed by atoms with Gasteiger partial charge in [-0.2, -0.15) is 0 Å². The van der Waals surface area contributed by atoms with Gasteiger partial charge in [0.05, 0.1) is 21.5 Å². The molecule has 2 aromatic rings. The standard InChI is InChI=1S/C19H14Cl3N3O2S/c1-23-16(26)10-28-19-24-14(9-11-5-7-12(20)8-6-11)18(27)25(19)15-4-2-3-13(21)17(15)22/h2-9H,10H2,1H3,(H,23,26)/b14-9-. The number of benzene rings is 2. The van der Waals surface area contributed by atoms with E-state index in [0.29, 0.717) is 20.9 Å². The van der Waals surface area contributed by atoms with E-state index in [9.17, 15) is 9.59 Å². The molecular formula is C19H14Cl3N3O2S. The molecule has 9 heteroatoms. The summed E-state index contributed by atoms with van der Waals surface area (Å²) >= 11 is 19.5. The van der Waals surface area contributed by atoms with Gasteiger partial charge < -0.3 is 5.32 Å². The average molecular weight is 455 g/mol. The third kappa shape index (κ3) is 4.52. The highest BCUT2D eigenvalue weighted by Gasteiger charge is 2.33. The first-order chi connectivity index (χ1) is 13.4. The summed E-state index contributed by atoms with van der Waals surface area (Å²) in [5.41, 5.74) is 1.39. The lowest BCUT2D eigenvalue weighted by Crippen LogP contribution is -2.32. The monoisotopic (exact) mass is 453 g/mol. The minimum absolute atomic E-state index is 0.103. The number of hydrogen-bond donors (Lipinski definition) is 1. The number of carbonyl (C=O) groups is 2. The van der Waals surface area contributed by atoms with Gasteiger partial charge in [-0.1, -0.05) is 64.8 Å². The van der Waals surface area contributed by atoms with Crippen molar-refractivity contribution < 1.29 is 9.59 Å². The Morgan fingerprint density at radius 3 is 2.57 bits per heavy atom. The summed E-state index contributed by atoms with van der Waals surface area (Å²) in [5, 5.41) is 4.03. The Kier molecular flexibility index (Phi) is 6.67. The molecule has 1 N–H and O–H groups in total. The largest absolute Gasteiger partial charge is 0.358 e. The number of anilines is 1. The Morgan fingerprint density at radius 1 is 1.18 bits per heavy atom. The maximum absolute atomic E-state index is 13.1. The molecule has 1 heterocycles. The molecular weight excluding hydrogens is 441 g/mol. The van der Waals surface area contributed by atoms with E-state index >= 15 is 0 Å². The van der Waals surface area contributed by atoms with Crippen LogP contribution in [0.4, 0.5) is 5.69 Å². The van der Waals surface area contributed by atoms with E-state index in [1.807, 2.05) is 0 Å². The van der Waals surface area contributed by atoms with Crippen LogP contribution in [0.2, 0.25) is 15.1 Å². The molecule has 0 unspecified atom stereocenters. The summed E-state index contributed by atoms with van der Waals surface area (Å²) < 4.78 is 0. The molecule has 2 aromatic carbocycles. The van der Waals surface area contributed by atoms with Gasteiger partial charge in [-0.05, 0) is 35.9 Å². The number of amides is 2. The average Bonchev–Trinajstić information content (AvgIpc) is 2.99.